The van der Waals surface area contributed by atoms with Crippen LogP contribution in [0.1, 0.15) is 36.8 Å². The lowest BCUT2D eigenvalue weighted by Crippen LogP contribution is -2.56. The Hall–Kier alpha value is -2.51. The van der Waals surface area contributed by atoms with E-state index in [2.05, 4.69) is 9.62 Å². The van der Waals surface area contributed by atoms with E-state index in [1.807, 2.05) is 61.6 Å². The quantitative estimate of drug-likeness (QED) is 0.465. The smallest absolute Gasteiger partial charge is 0.243 e. The second-order valence-corrected chi connectivity index (χ2v) is 15.5. The van der Waals surface area contributed by atoms with Gasteiger partial charge in [0.25, 0.3) is 0 Å². The molecule has 12 heteroatoms. The SMILES string of the molecule is CN1CCC(S(=O)(=O)N[C@H](COCc2ccccc2)C(=O)N2CCC3(CC2)CN(S(C)(=O)=O)c2ccccc23)CC1. The topological polar surface area (TPSA) is 116 Å². The van der Waals surface area contributed by atoms with Gasteiger partial charge in [0.15, 0.2) is 0 Å². The highest BCUT2D eigenvalue weighted by Gasteiger charge is 2.48. The number of hydrogen-bond donors (Lipinski definition) is 1. The molecule has 0 unspecified atom stereocenters. The van der Waals surface area contributed by atoms with E-state index in [-0.39, 0.29) is 24.5 Å². The number of carbonyl (C=O) groups is 1. The van der Waals surface area contributed by atoms with Gasteiger partial charge in [-0.05, 0) is 63.0 Å². The maximum Gasteiger partial charge on any atom is 0.243 e. The fraction of sp³-hybridized carbons (Fsp3) is 0.552. The number of nitrogens with one attached hydrogen (secondary N) is 1. The molecular weight excluding hydrogens is 564 g/mol. The summed E-state index contributed by atoms with van der Waals surface area (Å²) in [5, 5.41) is -0.551. The summed E-state index contributed by atoms with van der Waals surface area (Å²) in [6.45, 7) is 2.71. The minimum absolute atomic E-state index is 0.0775. The predicted octanol–water partition coefficient (Wildman–Crippen LogP) is 1.93. The summed E-state index contributed by atoms with van der Waals surface area (Å²) in [5.74, 6) is -0.310. The van der Waals surface area contributed by atoms with Crippen LogP contribution in [0.25, 0.3) is 0 Å². The number of carbonyl (C=O) groups excluding carboxylic acids is 1. The second-order valence-electron chi connectivity index (χ2n) is 11.6. The van der Waals surface area contributed by atoms with E-state index < -0.39 is 31.3 Å². The van der Waals surface area contributed by atoms with Gasteiger partial charge < -0.3 is 14.5 Å². The third-order valence-electron chi connectivity index (χ3n) is 8.73. The van der Waals surface area contributed by atoms with E-state index in [4.69, 9.17) is 4.74 Å². The molecule has 2 saturated heterocycles. The third kappa shape index (κ3) is 6.61. The van der Waals surface area contributed by atoms with Crippen molar-refractivity contribution in [3.05, 3.63) is 65.7 Å². The van der Waals surface area contributed by atoms with E-state index in [0.29, 0.717) is 64.1 Å². The number of likely N-dealkylation sites (tertiary alicyclic amines) is 2. The molecule has 0 bridgehead atoms. The zero-order valence-corrected chi connectivity index (χ0v) is 25.4. The van der Waals surface area contributed by atoms with Crippen molar-refractivity contribution in [2.75, 3.05) is 56.9 Å². The molecule has 1 N–H and O–H groups in total. The van der Waals surface area contributed by atoms with Crippen molar-refractivity contribution in [2.45, 2.75) is 49.0 Å². The highest BCUT2D eigenvalue weighted by Crippen LogP contribution is 2.47. The summed E-state index contributed by atoms with van der Waals surface area (Å²) in [4.78, 5) is 17.6. The van der Waals surface area contributed by atoms with E-state index in [9.17, 15) is 21.6 Å². The average molecular weight is 605 g/mol. The van der Waals surface area contributed by atoms with Crippen LogP contribution in [-0.2, 0) is 41.6 Å². The largest absolute Gasteiger partial charge is 0.375 e. The van der Waals surface area contributed by atoms with E-state index in [1.165, 1.54) is 10.6 Å². The number of sulfonamides is 2. The van der Waals surface area contributed by atoms with Crippen molar-refractivity contribution in [2.24, 2.45) is 0 Å². The van der Waals surface area contributed by atoms with Crippen LogP contribution in [0.5, 0.6) is 0 Å². The fourth-order valence-corrected chi connectivity index (χ4v) is 8.89. The molecule has 1 atom stereocenters. The number of rotatable bonds is 9. The molecule has 2 aromatic carbocycles. The van der Waals surface area contributed by atoms with Gasteiger partial charge in [-0.2, -0.15) is 0 Å². The molecule has 5 rings (SSSR count). The number of amides is 1. The number of nitrogens with zero attached hydrogens (tertiary/aromatic N) is 3. The van der Waals surface area contributed by atoms with Crippen molar-refractivity contribution in [1.82, 2.24) is 14.5 Å². The van der Waals surface area contributed by atoms with Crippen LogP contribution in [0.15, 0.2) is 54.6 Å². The van der Waals surface area contributed by atoms with Gasteiger partial charge in [0.2, 0.25) is 26.0 Å². The third-order valence-corrected chi connectivity index (χ3v) is 11.8. The Labute approximate surface area is 243 Å². The molecule has 10 nitrogen and oxygen atoms in total. The van der Waals surface area contributed by atoms with Gasteiger partial charge in [0, 0.05) is 25.0 Å². The van der Waals surface area contributed by atoms with Crippen molar-refractivity contribution < 1.29 is 26.4 Å². The molecule has 41 heavy (non-hydrogen) atoms. The lowest BCUT2D eigenvalue weighted by Gasteiger charge is -2.41. The number of hydrogen-bond acceptors (Lipinski definition) is 7. The van der Waals surface area contributed by atoms with Crippen LogP contribution in [0.4, 0.5) is 5.69 Å². The molecule has 3 aliphatic heterocycles. The number of anilines is 1. The zero-order valence-electron chi connectivity index (χ0n) is 23.7. The first-order valence-corrected chi connectivity index (χ1v) is 17.6. The molecule has 0 saturated carbocycles. The average Bonchev–Trinajstić information content (AvgIpc) is 3.28. The van der Waals surface area contributed by atoms with Crippen LogP contribution in [0, 0.1) is 0 Å². The molecule has 2 fully saturated rings. The summed E-state index contributed by atoms with van der Waals surface area (Å²) in [5.41, 5.74) is 2.24. The second kappa shape index (κ2) is 12.0. The Morgan fingerprint density at radius 2 is 1.61 bits per heavy atom. The van der Waals surface area contributed by atoms with Crippen LogP contribution >= 0.6 is 0 Å². The zero-order chi connectivity index (χ0) is 29.3. The van der Waals surface area contributed by atoms with Crippen LogP contribution in [0.2, 0.25) is 0 Å². The van der Waals surface area contributed by atoms with Gasteiger partial charge in [-0.15, -0.1) is 0 Å². The first kappa shape index (κ1) is 30.0. The highest BCUT2D eigenvalue weighted by molar-refractivity contribution is 7.92. The summed E-state index contributed by atoms with van der Waals surface area (Å²) < 4.78 is 61.9. The van der Waals surface area contributed by atoms with Gasteiger partial charge in [-0.3, -0.25) is 9.10 Å². The number of para-hydroxylation sites is 1. The monoisotopic (exact) mass is 604 g/mol. The summed E-state index contributed by atoms with van der Waals surface area (Å²) in [6, 6.07) is 16.1. The molecule has 224 valence electrons. The Kier molecular flexibility index (Phi) is 8.77. The maximum absolute atomic E-state index is 13.8. The van der Waals surface area contributed by atoms with E-state index >= 15 is 0 Å². The van der Waals surface area contributed by atoms with Gasteiger partial charge in [0.1, 0.15) is 6.04 Å². The molecule has 1 spiro atoms. The summed E-state index contributed by atoms with van der Waals surface area (Å²) >= 11 is 0. The Bertz CT molecular complexity index is 1430. The van der Waals surface area contributed by atoms with Crippen molar-refractivity contribution >= 4 is 31.6 Å². The van der Waals surface area contributed by atoms with Gasteiger partial charge in [-0.1, -0.05) is 48.5 Å². The van der Waals surface area contributed by atoms with Crippen molar-refractivity contribution in [3.63, 3.8) is 0 Å². The molecule has 0 aliphatic carbocycles. The van der Waals surface area contributed by atoms with Crippen molar-refractivity contribution in [1.29, 1.82) is 0 Å². The molecule has 0 aromatic heterocycles. The van der Waals surface area contributed by atoms with Crippen LogP contribution < -0.4 is 9.03 Å². The lowest BCUT2D eigenvalue weighted by atomic mass is 9.74. The first-order chi connectivity index (χ1) is 19.5. The fourth-order valence-electron chi connectivity index (χ4n) is 6.30. The van der Waals surface area contributed by atoms with Gasteiger partial charge >= 0.3 is 0 Å². The first-order valence-electron chi connectivity index (χ1n) is 14.2. The molecule has 3 heterocycles. The van der Waals surface area contributed by atoms with Crippen molar-refractivity contribution in [3.8, 4) is 0 Å². The molecule has 2 aromatic rings. The van der Waals surface area contributed by atoms with Crippen LogP contribution in [-0.4, -0.2) is 96.5 Å². The number of benzene rings is 2. The minimum atomic E-state index is -3.75. The van der Waals surface area contributed by atoms with Gasteiger partial charge in [0.05, 0.1) is 30.4 Å². The standard InChI is InChI=1S/C29H40N4O6S2/c1-31-16-12-24(13-17-31)41(37,38)30-26(21-39-20-23-8-4-3-5-9-23)28(34)32-18-14-29(15-19-32)22-33(40(2,35)36)27-11-7-6-10-25(27)29/h3-11,24,26,30H,12-22H2,1-2H3/t26-/m1/s1. The molecule has 1 amide bonds. The highest BCUT2D eigenvalue weighted by atomic mass is 32.2. The summed E-state index contributed by atoms with van der Waals surface area (Å²) in [7, 11) is -5.22. The molecule has 0 radical (unpaired) electrons. The number of fused-ring (bicyclic) bond motifs is 2. The van der Waals surface area contributed by atoms with Crippen LogP contribution in [0.3, 0.4) is 0 Å². The maximum atomic E-state index is 13.8. The lowest BCUT2D eigenvalue weighted by molar-refractivity contribution is -0.136. The Morgan fingerprint density at radius 1 is 0.976 bits per heavy atom. The normalized spacial score (nSPS) is 20.7. The predicted molar refractivity (Wildman–Crippen MR) is 159 cm³/mol. The Morgan fingerprint density at radius 3 is 2.27 bits per heavy atom. The summed E-state index contributed by atoms with van der Waals surface area (Å²) in [6.07, 6.45) is 3.42. The van der Waals surface area contributed by atoms with Gasteiger partial charge in [-0.25, -0.2) is 21.6 Å². The minimum Gasteiger partial charge on any atom is -0.375 e. The van der Waals surface area contributed by atoms with E-state index in [1.54, 1.807) is 4.90 Å². The molecule has 3 aliphatic rings. The molecular formula is C29H40N4O6S2. The number of ether oxygens (including phenoxy) is 1. The van der Waals surface area contributed by atoms with E-state index in [0.717, 1.165) is 11.1 Å². The Balaban J connectivity index is 1.30. The number of piperidine rings is 2.